The minimum absolute atomic E-state index is 0.119. The standard InChI is InChI=1S/C13H18N4O2/c1-16-10(8-14)6-13(18)17-12(16)7-11(15-17)9-2-4-19-5-3-9/h6-7,9H,2-5,8,14H2,1H3. The molecule has 1 aliphatic heterocycles. The number of hydrogen-bond acceptors (Lipinski definition) is 4. The van der Waals surface area contributed by atoms with E-state index in [0.717, 1.165) is 43.1 Å². The van der Waals surface area contributed by atoms with Crippen LogP contribution in [0.4, 0.5) is 0 Å². The quantitative estimate of drug-likeness (QED) is 0.849. The first-order valence-electron chi connectivity index (χ1n) is 6.57. The summed E-state index contributed by atoms with van der Waals surface area (Å²) in [4.78, 5) is 12.0. The van der Waals surface area contributed by atoms with E-state index < -0.39 is 0 Å². The van der Waals surface area contributed by atoms with Crippen molar-refractivity contribution in [3.05, 3.63) is 33.9 Å². The van der Waals surface area contributed by atoms with Crippen LogP contribution < -0.4 is 11.3 Å². The van der Waals surface area contributed by atoms with Crippen molar-refractivity contribution in [2.45, 2.75) is 25.3 Å². The lowest BCUT2D eigenvalue weighted by Crippen LogP contribution is -2.21. The average molecular weight is 262 g/mol. The van der Waals surface area contributed by atoms with Crippen LogP contribution >= 0.6 is 0 Å². The van der Waals surface area contributed by atoms with Gasteiger partial charge in [0.2, 0.25) is 0 Å². The van der Waals surface area contributed by atoms with Gasteiger partial charge in [0.05, 0.1) is 5.69 Å². The highest BCUT2D eigenvalue weighted by molar-refractivity contribution is 5.42. The van der Waals surface area contributed by atoms with Crippen LogP contribution in [-0.4, -0.2) is 27.4 Å². The summed E-state index contributed by atoms with van der Waals surface area (Å²) in [6.07, 6.45) is 1.93. The first kappa shape index (κ1) is 12.4. The zero-order chi connectivity index (χ0) is 13.4. The first-order chi connectivity index (χ1) is 9.20. The molecule has 0 amide bonds. The molecule has 1 saturated heterocycles. The highest BCUT2D eigenvalue weighted by Crippen LogP contribution is 2.26. The topological polar surface area (TPSA) is 74.5 Å². The number of nitrogens with zero attached hydrogens (tertiary/aromatic N) is 3. The Kier molecular flexibility index (Phi) is 3.12. The zero-order valence-corrected chi connectivity index (χ0v) is 11.0. The Hall–Kier alpha value is -1.66. The van der Waals surface area contributed by atoms with Crippen molar-refractivity contribution in [2.75, 3.05) is 13.2 Å². The van der Waals surface area contributed by atoms with Gasteiger partial charge in [0.1, 0.15) is 5.65 Å². The number of nitrogens with two attached hydrogens (primary N) is 1. The van der Waals surface area contributed by atoms with E-state index in [2.05, 4.69) is 5.10 Å². The van der Waals surface area contributed by atoms with Crippen molar-refractivity contribution in [3.63, 3.8) is 0 Å². The van der Waals surface area contributed by atoms with E-state index in [-0.39, 0.29) is 5.56 Å². The predicted octanol–water partition coefficient (Wildman–Crippen LogP) is 0.386. The minimum Gasteiger partial charge on any atom is -0.381 e. The Bertz CT molecular complexity index is 652. The largest absolute Gasteiger partial charge is 0.381 e. The van der Waals surface area contributed by atoms with Crippen LogP contribution in [0.1, 0.15) is 30.1 Å². The van der Waals surface area contributed by atoms with Crippen molar-refractivity contribution in [3.8, 4) is 0 Å². The second-order valence-electron chi connectivity index (χ2n) is 4.96. The Labute approximate surface area is 110 Å². The van der Waals surface area contributed by atoms with Crippen molar-refractivity contribution in [2.24, 2.45) is 12.8 Å². The van der Waals surface area contributed by atoms with Gasteiger partial charge in [0.15, 0.2) is 0 Å². The molecule has 1 aliphatic rings. The maximum absolute atomic E-state index is 12.0. The van der Waals surface area contributed by atoms with E-state index in [9.17, 15) is 4.79 Å². The summed E-state index contributed by atoms with van der Waals surface area (Å²) in [6, 6.07) is 3.55. The molecule has 0 aliphatic carbocycles. The smallest absolute Gasteiger partial charge is 0.274 e. The van der Waals surface area contributed by atoms with Gasteiger partial charge >= 0.3 is 0 Å². The molecular weight excluding hydrogens is 244 g/mol. The lowest BCUT2D eigenvalue weighted by molar-refractivity contribution is 0.0844. The highest BCUT2D eigenvalue weighted by Gasteiger charge is 2.20. The van der Waals surface area contributed by atoms with Crippen molar-refractivity contribution < 1.29 is 4.74 Å². The molecule has 2 N–H and O–H groups in total. The third kappa shape index (κ3) is 2.06. The van der Waals surface area contributed by atoms with E-state index >= 15 is 0 Å². The van der Waals surface area contributed by atoms with Crippen molar-refractivity contribution in [1.82, 2.24) is 14.2 Å². The Morgan fingerprint density at radius 2 is 2.16 bits per heavy atom. The van der Waals surface area contributed by atoms with Crippen LogP contribution in [0, 0.1) is 0 Å². The maximum atomic E-state index is 12.0. The van der Waals surface area contributed by atoms with Gasteiger partial charge in [-0.3, -0.25) is 4.79 Å². The molecule has 0 spiro atoms. The van der Waals surface area contributed by atoms with Gasteiger partial charge in [-0.05, 0) is 12.8 Å². The molecule has 0 bridgehead atoms. The average Bonchev–Trinajstić information content (AvgIpc) is 2.90. The normalized spacial score (nSPS) is 17.2. The van der Waals surface area contributed by atoms with Gasteiger partial charge in [0.25, 0.3) is 5.56 Å². The van der Waals surface area contributed by atoms with Gasteiger partial charge in [-0.2, -0.15) is 9.61 Å². The Morgan fingerprint density at radius 3 is 2.84 bits per heavy atom. The Morgan fingerprint density at radius 1 is 1.42 bits per heavy atom. The number of aromatic nitrogens is 3. The molecule has 3 heterocycles. The van der Waals surface area contributed by atoms with Gasteiger partial charge in [0, 0.05) is 50.6 Å². The molecule has 6 heteroatoms. The molecule has 0 aromatic carbocycles. The van der Waals surface area contributed by atoms with Crippen LogP contribution in [0.3, 0.4) is 0 Å². The second-order valence-corrected chi connectivity index (χ2v) is 4.96. The van der Waals surface area contributed by atoms with Gasteiger partial charge in [-0.1, -0.05) is 0 Å². The molecule has 0 atom stereocenters. The van der Waals surface area contributed by atoms with E-state index in [1.54, 1.807) is 6.07 Å². The highest BCUT2D eigenvalue weighted by atomic mass is 16.5. The molecule has 0 unspecified atom stereocenters. The molecule has 1 fully saturated rings. The molecule has 2 aromatic heterocycles. The van der Waals surface area contributed by atoms with E-state index in [1.807, 2.05) is 17.7 Å². The molecule has 19 heavy (non-hydrogen) atoms. The summed E-state index contributed by atoms with van der Waals surface area (Å²) in [5, 5.41) is 4.46. The van der Waals surface area contributed by atoms with Gasteiger partial charge in [-0.25, -0.2) is 0 Å². The maximum Gasteiger partial charge on any atom is 0.274 e. The molecule has 0 radical (unpaired) electrons. The number of hydrogen-bond donors (Lipinski definition) is 1. The predicted molar refractivity (Wildman–Crippen MR) is 71.1 cm³/mol. The summed E-state index contributed by atoms with van der Waals surface area (Å²) >= 11 is 0. The monoisotopic (exact) mass is 262 g/mol. The minimum atomic E-state index is -0.119. The Balaban J connectivity index is 2.12. The van der Waals surface area contributed by atoms with E-state index in [1.165, 1.54) is 4.52 Å². The van der Waals surface area contributed by atoms with Gasteiger partial charge < -0.3 is 15.0 Å². The molecule has 2 aromatic rings. The van der Waals surface area contributed by atoms with Crippen LogP contribution in [0.15, 0.2) is 16.9 Å². The SMILES string of the molecule is Cn1c(CN)cc(=O)n2nc(C3CCOCC3)cc12. The van der Waals surface area contributed by atoms with E-state index in [4.69, 9.17) is 10.5 Å². The fourth-order valence-corrected chi connectivity index (χ4v) is 2.63. The van der Waals surface area contributed by atoms with Crippen LogP contribution in [0.2, 0.25) is 0 Å². The number of fused-ring (bicyclic) bond motifs is 1. The molecule has 6 nitrogen and oxygen atoms in total. The molecule has 3 rings (SSSR count). The summed E-state index contributed by atoms with van der Waals surface area (Å²) in [5.41, 5.74) is 8.13. The summed E-state index contributed by atoms with van der Waals surface area (Å²) in [5.74, 6) is 0.384. The third-order valence-electron chi connectivity index (χ3n) is 3.83. The fourth-order valence-electron chi connectivity index (χ4n) is 2.63. The van der Waals surface area contributed by atoms with Crippen molar-refractivity contribution in [1.29, 1.82) is 0 Å². The summed E-state index contributed by atoms with van der Waals surface area (Å²) in [6.45, 7) is 1.88. The number of rotatable bonds is 2. The second kappa shape index (κ2) is 4.79. The number of ether oxygens (including phenoxy) is 1. The fraction of sp³-hybridized carbons (Fsp3) is 0.538. The van der Waals surface area contributed by atoms with Crippen LogP contribution in [0.5, 0.6) is 0 Å². The molecule has 102 valence electrons. The summed E-state index contributed by atoms with van der Waals surface area (Å²) in [7, 11) is 1.91. The van der Waals surface area contributed by atoms with Crippen LogP contribution in [-0.2, 0) is 18.3 Å². The third-order valence-corrected chi connectivity index (χ3v) is 3.83. The van der Waals surface area contributed by atoms with Gasteiger partial charge in [-0.15, -0.1) is 0 Å². The molecular formula is C13H18N4O2. The van der Waals surface area contributed by atoms with Crippen molar-refractivity contribution >= 4 is 5.65 Å². The zero-order valence-electron chi connectivity index (χ0n) is 11.0. The lowest BCUT2D eigenvalue weighted by atomic mass is 9.97. The van der Waals surface area contributed by atoms with Crippen LogP contribution in [0.25, 0.3) is 5.65 Å². The van der Waals surface area contributed by atoms with E-state index in [0.29, 0.717) is 12.5 Å². The summed E-state index contributed by atoms with van der Waals surface area (Å²) < 4.78 is 8.75. The first-order valence-corrected chi connectivity index (χ1v) is 6.57. The lowest BCUT2D eigenvalue weighted by Gasteiger charge is -2.19. The number of aryl methyl sites for hydroxylation is 1. The molecule has 0 saturated carbocycles.